The van der Waals surface area contributed by atoms with Gasteiger partial charge in [-0.3, -0.25) is 9.59 Å². The average Bonchev–Trinajstić information content (AvgIpc) is 2.15. The molecular weight excluding hydrogens is 208 g/mol. The number of esters is 2. The van der Waals surface area contributed by atoms with Crippen LogP contribution in [0.25, 0.3) is 0 Å². The maximum atomic E-state index is 11.0. The molecule has 0 radical (unpaired) electrons. The Morgan fingerprint density at radius 2 is 1.19 bits per heavy atom. The first-order valence-corrected chi connectivity index (χ1v) is 5.85. The molecule has 94 valence electrons. The Balaban J connectivity index is 4.49. The van der Waals surface area contributed by atoms with Crippen LogP contribution in [0, 0.1) is 0 Å². The molecule has 0 spiro atoms. The van der Waals surface area contributed by atoms with Crippen LogP contribution in [0.4, 0.5) is 0 Å². The molecule has 0 aliphatic rings. The van der Waals surface area contributed by atoms with Gasteiger partial charge in [-0.1, -0.05) is 26.7 Å². The average molecular weight is 230 g/mol. The monoisotopic (exact) mass is 230 g/mol. The second-order valence-corrected chi connectivity index (χ2v) is 3.87. The zero-order chi connectivity index (χ0) is 12.6. The summed E-state index contributed by atoms with van der Waals surface area (Å²) in [6, 6.07) is 0. The van der Waals surface area contributed by atoms with Gasteiger partial charge in [0.15, 0.2) is 0 Å². The van der Waals surface area contributed by atoms with Crippen LogP contribution in [0.1, 0.15) is 53.4 Å². The van der Waals surface area contributed by atoms with Gasteiger partial charge >= 0.3 is 11.9 Å². The van der Waals surface area contributed by atoms with E-state index in [0.717, 1.165) is 25.7 Å². The molecule has 2 atom stereocenters. The van der Waals surface area contributed by atoms with E-state index in [-0.39, 0.29) is 24.1 Å². The highest BCUT2D eigenvalue weighted by Gasteiger charge is 2.25. The van der Waals surface area contributed by atoms with Crippen LogP contribution in [0.2, 0.25) is 0 Å². The first kappa shape index (κ1) is 14.9. The van der Waals surface area contributed by atoms with E-state index < -0.39 is 0 Å². The van der Waals surface area contributed by atoms with E-state index in [2.05, 4.69) is 0 Å². The third-order valence-electron chi connectivity index (χ3n) is 2.20. The molecule has 0 aliphatic carbocycles. The molecule has 4 heteroatoms. The maximum Gasteiger partial charge on any atom is 0.303 e. The Bertz CT molecular complexity index is 201. The zero-order valence-electron chi connectivity index (χ0n) is 10.6. The summed E-state index contributed by atoms with van der Waals surface area (Å²) in [6.07, 6.45) is 2.59. The number of hydrogen-bond donors (Lipinski definition) is 0. The summed E-state index contributed by atoms with van der Waals surface area (Å²) in [5.41, 5.74) is 0. The number of rotatable bonds is 7. The van der Waals surface area contributed by atoms with Gasteiger partial charge in [0.2, 0.25) is 0 Å². The Kier molecular flexibility index (Phi) is 7.60. The van der Waals surface area contributed by atoms with Crippen molar-refractivity contribution in [2.75, 3.05) is 0 Å². The first-order chi connectivity index (χ1) is 7.51. The van der Waals surface area contributed by atoms with Crippen LogP contribution in [-0.2, 0) is 19.1 Å². The molecule has 0 rings (SSSR count). The topological polar surface area (TPSA) is 52.6 Å². The standard InChI is InChI=1S/C12H22O4/c1-5-7-11(15-9(3)13)12(8-6-2)16-10(4)14/h11-12H,5-8H2,1-4H3. The van der Waals surface area contributed by atoms with Gasteiger partial charge in [-0.15, -0.1) is 0 Å². The third-order valence-corrected chi connectivity index (χ3v) is 2.20. The molecule has 0 saturated heterocycles. The second-order valence-electron chi connectivity index (χ2n) is 3.87. The molecule has 0 aromatic carbocycles. The molecule has 0 bridgehead atoms. The number of carbonyl (C=O) groups excluding carboxylic acids is 2. The van der Waals surface area contributed by atoms with Gasteiger partial charge in [0.25, 0.3) is 0 Å². The van der Waals surface area contributed by atoms with Gasteiger partial charge < -0.3 is 9.47 Å². The highest BCUT2D eigenvalue weighted by molar-refractivity contribution is 5.67. The van der Waals surface area contributed by atoms with Crippen molar-refractivity contribution in [2.24, 2.45) is 0 Å². The van der Waals surface area contributed by atoms with Crippen molar-refractivity contribution in [1.82, 2.24) is 0 Å². The molecule has 0 aliphatic heterocycles. The van der Waals surface area contributed by atoms with E-state index in [1.807, 2.05) is 13.8 Å². The Hall–Kier alpha value is -1.06. The van der Waals surface area contributed by atoms with Gasteiger partial charge in [-0.25, -0.2) is 0 Å². The number of hydrogen-bond acceptors (Lipinski definition) is 4. The van der Waals surface area contributed by atoms with E-state index in [0.29, 0.717) is 0 Å². The van der Waals surface area contributed by atoms with Crippen LogP contribution in [0.3, 0.4) is 0 Å². The van der Waals surface area contributed by atoms with Crippen molar-refractivity contribution in [3.8, 4) is 0 Å². The fraction of sp³-hybridized carbons (Fsp3) is 0.833. The molecule has 0 amide bonds. The summed E-state index contributed by atoms with van der Waals surface area (Å²) in [4.78, 5) is 21.9. The van der Waals surface area contributed by atoms with E-state index in [1.165, 1.54) is 13.8 Å². The van der Waals surface area contributed by atoms with Gasteiger partial charge in [-0.05, 0) is 12.8 Å². The lowest BCUT2D eigenvalue weighted by atomic mass is 10.0. The number of ether oxygens (including phenoxy) is 2. The molecule has 4 nitrogen and oxygen atoms in total. The molecule has 0 aromatic rings. The SMILES string of the molecule is CCCC(OC(C)=O)C(CCC)OC(C)=O. The lowest BCUT2D eigenvalue weighted by Crippen LogP contribution is -2.34. The molecular formula is C12H22O4. The summed E-state index contributed by atoms with van der Waals surface area (Å²) in [7, 11) is 0. The van der Waals surface area contributed by atoms with Gasteiger partial charge in [0, 0.05) is 13.8 Å². The number of carbonyl (C=O) groups is 2. The van der Waals surface area contributed by atoms with Gasteiger partial charge in [0.05, 0.1) is 0 Å². The van der Waals surface area contributed by atoms with Crippen LogP contribution >= 0.6 is 0 Å². The largest absolute Gasteiger partial charge is 0.459 e. The van der Waals surface area contributed by atoms with E-state index >= 15 is 0 Å². The van der Waals surface area contributed by atoms with E-state index in [4.69, 9.17) is 9.47 Å². The summed E-state index contributed by atoms with van der Waals surface area (Å²) in [5.74, 6) is -0.654. The Morgan fingerprint density at radius 1 is 0.875 bits per heavy atom. The van der Waals surface area contributed by atoms with Crippen molar-refractivity contribution in [3.63, 3.8) is 0 Å². The normalized spacial score (nSPS) is 14.0. The third kappa shape index (κ3) is 6.43. The van der Waals surface area contributed by atoms with Crippen LogP contribution < -0.4 is 0 Å². The van der Waals surface area contributed by atoms with Crippen LogP contribution in [0.5, 0.6) is 0 Å². The van der Waals surface area contributed by atoms with Crippen molar-refractivity contribution in [3.05, 3.63) is 0 Å². The Labute approximate surface area is 97.3 Å². The summed E-state index contributed by atoms with van der Waals surface area (Å²) >= 11 is 0. The van der Waals surface area contributed by atoms with Crippen molar-refractivity contribution in [2.45, 2.75) is 65.6 Å². The minimum absolute atomic E-state index is 0.314. The second kappa shape index (κ2) is 8.13. The predicted octanol–water partition coefficient (Wildman–Crippen LogP) is 2.45. The van der Waals surface area contributed by atoms with Crippen LogP contribution in [0.15, 0.2) is 0 Å². The lowest BCUT2D eigenvalue weighted by molar-refractivity contribution is -0.166. The highest BCUT2D eigenvalue weighted by atomic mass is 16.6. The molecule has 0 aromatic heterocycles. The molecule has 0 saturated carbocycles. The van der Waals surface area contributed by atoms with Gasteiger partial charge in [0.1, 0.15) is 12.2 Å². The van der Waals surface area contributed by atoms with Crippen molar-refractivity contribution >= 4 is 11.9 Å². The molecule has 0 N–H and O–H groups in total. The van der Waals surface area contributed by atoms with Crippen molar-refractivity contribution in [1.29, 1.82) is 0 Å². The first-order valence-electron chi connectivity index (χ1n) is 5.85. The quantitative estimate of drug-likeness (QED) is 0.630. The maximum absolute atomic E-state index is 11.0. The van der Waals surface area contributed by atoms with Gasteiger partial charge in [-0.2, -0.15) is 0 Å². The van der Waals surface area contributed by atoms with Crippen LogP contribution in [-0.4, -0.2) is 24.1 Å². The summed E-state index contributed by atoms with van der Waals surface area (Å²) in [6.45, 7) is 6.76. The lowest BCUT2D eigenvalue weighted by Gasteiger charge is -2.25. The van der Waals surface area contributed by atoms with E-state index in [9.17, 15) is 9.59 Å². The Morgan fingerprint density at radius 3 is 1.38 bits per heavy atom. The highest BCUT2D eigenvalue weighted by Crippen LogP contribution is 2.16. The van der Waals surface area contributed by atoms with Crippen molar-refractivity contribution < 1.29 is 19.1 Å². The molecule has 16 heavy (non-hydrogen) atoms. The molecule has 0 heterocycles. The summed E-state index contributed by atoms with van der Waals surface area (Å²) < 4.78 is 10.4. The summed E-state index contributed by atoms with van der Waals surface area (Å²) in [5, 5.41) is 0. The van der Waals surface area contributed by atoms with E-state index in [1.54, 1.807) is 0 Å². The smallest absolute Gasteiger partial charge is 0.303 e. The fourth-order valence-corrected chi connectivity index (χ4v) is 1.64. The predicted molar refractivity (Wildman–Crippen MR) is 60.9 cm³/mol. The fourth-order valence-electron chi connectivity index (χ4n) is 1.64. The molecule has 2 unspecified atom stereocenters. The minimum Gasteiger partial charge on any atom is -0.459 e. The molecule has 0 fully saturated rings. The zero-order valence-corrected chi connectivity index (χ0v) is 10.6. The minimum atomic E-state index is -0.327.